The molecule has 13 heavy (non-hydrogen) atoms. The molecule has 0 amide bonds. The van der Waals surface area contributed by atoms with Gasteiger partial charge in [0.05, 0.1) is 13.0 Å². The van der Waals surface area contributed by atoms with Gasteiger partial charge in [0.2, 0.25) is 0 Å². The first-order valence-electron chi connectivity index (χ1n) is 4.32. The summed E-state index contributed by atoms with van der Waals surface area (Å²) in [7, 11) is 0. The van der Waals surface area contributed by atoms with E-state index in [1.165, 1.54) is 6.92 Å². The quantitative estimate of drug-likeness (QED) is 0.674. The molecular formula is C8H14N4O. The third-order valence-electron chi connectivity index (χ3n) is 1.53. The average Bonchev–Trinajstić information content (AvgIpc) is 2.48. The maximum Gasteiger partial charge on any atom is 0.164 e. The standard InChI is InChI=1S/C8H14N4O/c1-3-9-5-8-10-7(11-12-8)4-6(2)13/h9H,3-5H2,1-2H3,(H,10,11,12). The first-order valence-corrected chi connectivity index (χ1v) is 4.32. The Morgan fingerprint density at radius 1 is 1.62 bits per heavy atom. The van der Waals surface area contributed by atoms with Gasteiger partial charge in [0, 0.05) is 0 Å². The van der Waals surface area contributed by atoms with Gasteiger partial charge in [0.1, 0.15) is 11.6 Å². The minimum Gasteiger partial charge on any atom is -0.310 e. The van der Waals surface area contributed by atoms with Crippen LogP contribution in [0.3, 0.4) is 0 Å². The van der Waals surface area contributed by atoms with Gasteiger partial charge in [-0.15, -0.1) is 0 Å². The number of ketones is 1. The fourth-order valence-corrected chi connectivity index (χ4v) is 0.966. The molecule has 0 atom stereocenters. The van der Waals surface area contributed by atoms with Crippen molar-refractivity contribution in [3.8, 4) is 0 Å². The normalized spacial score (nSPS) is 10.3. The molecule has 0 aromatic carbocycles. The van der Waals surface area contributed by atoms with Gasteiger partial charge in [0.25, 0.3) is 0 Å². The Hall–Kier alpha value is -1.23. The van der Waals surface area contributed by atoms with Gasteiger partial charge in [-0.05, 0) is 13.5 Å². The number of H-pyrrole nitrogens is 1. The number of aromatic amines is 1. The van der Waals surface area contributed by atoms with Gasteiger partial charge in [-0.1, -0.05) is 6.92 Å². The van der Waals surface area contributed by atoms with Crippen LogP contribution >= 0.6 is 0 Å². The predicted molar refractivity (Wildman–Crippen MR) is 48.1 cm³/mol. The highest BCUT2D eigenvalue weighted by atomic mass is 16.1. The number of nitrogens with zero attached hydrogens (tertiary/aromatic N) is 2. The van der Waals surface area contributed by atoms with E-state index in [0.29, 0.717) is 24.6 Å². The fraction of sp³-hybridized carbons (Fsp3) is 0.625. The van der Waals surface area contributed by atoms with E-state index in [-0.39, 0.29) is 5.78 Å². The highest BCUT2D eigenvalue weighted by molar-refractivity contribution is 5.77. The highest BCUT2D eigenvalue weighted by Gasteiger charge is 2.03. The SMILES string of the molecule is CCNCc1n[nH]c(CC(C)=O)n1. The first kappa shape index (κ1) is 9.85. The van der Waals surface area contributed by atoms with Gasteiger partial charge in [-0.3, -0.25) is 9.89 Å². The first-order chi connectivity index (χ1) is 6.22. The molecule has 0 unspecified atom stereocenters. The Balaban J connectivity index is 2.48. The Labute approximate surface area is 76.9 Å². The van der Waals surface area contributed by atoms with Crippen molar-refractivity contribution in [2.24, 2.45) is 0 Å². The molecule has 0 aliphatic heterocycles. The Morgan fingerprint density at radius 2 is 2.38 bits per heavy atom. The summed E-state index contributed by atoms with van der Waals surface area (Å²) in [4.78, 5) is 14.9. The molecule has 5 heteroatoms. The summed E-state index contributed by atoms with van der Waals surface area (Å²) in [5.74, 6) is 1.43. The lowest BCUT2D eigenvalue weighted by molar-refractivity contribution is -0.116. The molecule has 0 saturated carbocycles. The molecule has 0 bridgehead atoms. The molecule has 72 valence electrons. The lowest BCUT2D eigenvalue weighted by Crippen LogP contribution is -2.12. The molecule has 1 aromatic heterocycles. The lowest BCUT2D eigenvalue weighted by Gasteiger charge is -1.93. The summed E-state index contributed by atoms with van der Waals surface area (Å²) in [6.45, 7) is 5.08. The van der Waals surface area contributed by atoms with Crippen molar-refractivity contribution < 1.29 is 4.79 Å². The van der Waals surface area contributed by atoms with E-state index in [9.17, 15) is 4.79 Å². The smallest absolute Gasteiger partial charge is 0.164 e. The average molecular weight is 182 g/mol. The zero-order chi connectivity index (χ0) is 9.68. The van der Waals surface area contributed by atoms with E-state index in [0.717, 1.165) is 6.54 Å². The summed E-state index contributed by atoms with van der Waals surface area (Å²) >= 11 is 0. The molecule has 2 N–H and O–H groups in total. The van der Waals surface area contributed by atoms with Crippen LogP contribution in [-0.2, 0) is 17.8 Å². The van der Waals surface area contributed by atoms with E-state index in [2.05, 4.69) is 20.5 Å². The number of hydrogen-bond donors (Lipinski definition) is 2. The molecule has 1 heterocycles. The van der Waals surface area contributed by atoms with Crippen LogP contribution in [0.5, 0.6) is 0 Å². The van der Waals surface area contributed by atoms with Crippen molar-refractivity contribution in [1.82, 2.24) is 20.5 Å². The molecule has 0 aliphatic rings. The summed E-state index contributed by atoms with van der Waals surface area (Å²) in [5, 5.41) is 9.78. The van der Waals surface area contributed by atoms with E-state index >= 15 is 0 Å². The Bertz CT molecular complexity index is 281. The van der Waals surface area contributed by atoms with Crippen LogP contribution in [-0.4, -0.2) is 27.5 Å². The second kappa shape index (κ2) is 4.71. The molecule has 0 fully saturated rings. The van der Waals surface area contributed by atoms with Crippen molar-refractivity contribution >= 4 is 5.78 Å². The van der Waals surface area contributed by atoms with Crippen LogP contribution in [0.2, 0.25) is 0 Å². The van der Waals surface area contributed by atoms with Crippen LogP contribution in [0.1, 0.15) is 25.5 Å². The topological polar surface area (TPSA) is 70.7 Å². The van der Waals surface area contributed by atoms with Gasteiger partial charge in [0.15, 0.2) is 5.82 Å². The number of Topliss-reactive ketones (excluding diaryl/α,β-unsaturated/α-hetero) is 1. The number of carbonyl (C=O) groups is 1. The van der Waals surface area contributed by atoms with Gasteiger partial charge >= 0.3 is 0 Å². The van der Waals surface area contributed by atoms with Crippen molar-refractivity contribution in [1.29, 1.82) is 0 Å². The van der Waals surface area contributed by atoms with E-state index < -0.39 is 0 Å². The van der Waals surface area contributed by atoms with E-state index in [4.69, 9.17) is 0 Å². The Kier molecular flexibility index (Phi) is 3.57. The number of rotatable bonds is 5. The fourth-order valence-electron chi connectivity index (χ4n) is 0.966. The third kappa shape index (κ3) is 3.33. The number of aromatic nitrogens is 3. The largest absolute Gasteiger partial charge is 0.310 e. The predicted octanol–water partition coefficient (Wildman–Crippen LogP) is 0.0457. The molecule has 1 aromatic rings. The van der Waals surface area contributed by atoms with Gasteiger partial charge < -0.3 is 5.32 Å². The van der Waals surface area contributed by atoms with Gasteiger partial charge in [-0.2, -0.15) is 5.10 Å². The number of carbonyl (C=O) groups excluding carboxylic acids is 1. The second-order valence-electron chi connectivity index (χ2n) is 2.86. The van der Waals surface area contributed by atoms with Crippen molar-refractivity contribution in [3.05, 3.63) is 11.6 Å². The summed E-state index contributed by atoms with van der Waals surface area (Å²) in [6, 6.07) is 0. The van der Waals surface area contributed by atoms with Crippen molar-refractivity contribution in [3.63, 3.8) is 0 Å². The summed E-state index contributed by atoms with van der Waals surface area (Å²) in [5.41, 5.74) is 0. The minimum atomic E-state index is 0.0890. The van der Waals surface area contributed by atoms with Crippen LogP contribution in [0, 0.1) is 0 Å². The molecule has 0 saturated heterocycles. The second-order valence-corrected chi connectivity index (χ2v) is 2.86. The van der Waals surface area contributed by atoms with E-state index in [1.807, 2.05) is 6.92 Å². The van der Waals surface area contributed by atoms with E-state index in [1.54, 1.807) is 0 Å². The monoisotopic (exact) mass is 182 g/mol. The summed E-state index contributed by atoms with van der Waals surface area (Å²) in [6.07, 6.45) is 0.332. The lowest BCUT2D eigenvalue weighted by atomic mass is 10.3. The van der Waals surface area contributed by atoms with Crippen molar-refractivity contribution in [2.45, 2.75) is 26.8 Å². The highest BCUT2D eigenvalue weighted by Crippen LogP contribution is 1.94. The zero-order valence-corrected chi connectivity index (χ0v) is 7.92. The van der Waals surface area contributed by atoms with Crippen molar-refractivity contribution in [2.75, 3.05) is 6.54 Å². The number of hydrogen-bond acceptors (Lipinski definition) is 4. The van der Waals surface area contributed by atoms with Crippen LogP contribution in [0.15, 0.2) is 0 Å². The maximum absolute atomic E-state index is 10.7. The molecule has 0 radical (unpaired) electrons. The minimum absolute atomic E-state index is 0.0890. The molecule has 5 nitrogen and oxygen atoms in total. The maximum atomic E-state index is 10.7. The van der Waals surface area contributed by atoms with Crippen LogP contribution < -0.4 is 5.32 Å². The molecule has 0 spiro atoms. The molecular weight excluding hydrogens is 168 g/mol. The summed E-state index contributed by atoms with van der Waals surface area (Å²) < 4.78 is 0. The molecule has 1 rings (SSSR count). The molecule has 0 aliphatic carbocycles. The Morgan fingerprint density at radius 3 is 3.00 bits per heavy atom. The number of nitrogens with one attached hydrogen (secondary N) is 2. The zero-order valence-electron chi connectivity index (χ0n) is 7.92. The van der Waals surface area contributed by atoms with Gasteiger partial charge in [-0.25, -0.2) is 4.98 Å². The third-order valence-corrected chi connectivity index (χ3v) is 1.53. The van der Waals surface area contributed by atoms with Crippen LogP contribution in [0.25, 0.3) is 0 Å². The van der Waals surface area contributed by atoms with Crippen LogP contribution in [0.4, 0.5) is 0 Å².